The van der Waals surface area contributed by atoms with Gasteiger partial charge in [0.05, 0.1) is 11.1 Å². The second-order valence-electron chi connectivity index (χ2n) is 5.95. The van der Waals surface area contributed by atoms with E-state index in [1.54, 1.807) is 36.4 Å². The van der Waals surface area contributed by atoms with Crippen molar-refractivity contribution in [1.29, 1.82) is 0 Å². The van der Waals surface area contributed by atoms with Crippen molar-refractivity contribution in [2.45, 2.75) is 26.8 Å². The van der Waals surface area contributed by atoms with Gasteiger partial charge < -0.3 is 4.74 Å². The highest BCUT2D eigenvalue weighted by Gasteiger charge is 2.41. The molecule has 1 atom stereocenters. The van der Waals surface area contributed by atoms with E-state index in [0.717, 1.165) is 16.0 Å². The summed E-state index contributed by atoms with van der Waals surface area (Å²) >= 11 is 0. The number of imide groups is 1. The lowest BCUT2D eigenvalue weighted by molar-refractivity contribution is -0.138. The van der Waals surface area contributed by atoms with Crippen LogP contribution in [0.4, 0.5) is 0 Å². The van der Waals surface area contributed by atoms with Crippen LogP contribution in [-0.2, 0) is 4.79 Å². The summed E-state index contributed by atoms with van der Waals surface area (Å²) in [7, 11) is 0. The zero-order valence-corrected chi connectivity index (χ0v) is 13.7. The number of nitrogens with zero attached hydrogens (tertiary/aromatic N) is 1. The van der Waals surface area contributed by atoms with E-state index in [-0.39, 0.29) is 0 Å². The van der Waals surface area contributed by atoms with Crippen molar-refractivity contribution in [3.63, 3.8) is 0 Å². The van der Waals surface area contributed by atoms with Crippen LogP contribution in [0.3, 0.4) is 0 Å². The minimum absolute atomic E-state index is 0.313. The maximum Gasteiger partial charge on any atom is 0.334 e. The molecule has 0 saturated heterocycles. The quantitative estimate of drug-likeness (QED) is 0.495. The van der Waals surface area contributed by atoms with Gasteiger partial charge >= 0.3 is 5.97 Å². The van der Waals surface area contributed by atoms with Gasteiger partial charge in [-0.3, -0.25) is 14.5 Å². The molecular weight excluding hydrogens is 306 g/mol. The first kappa shape index (κ1) is 15.9. The highest BCUT2D eigenvalue weighted by atomic mass is 16.5. The molecule has 2 aromatic rings. The molecule has 0 saturated carbocycles. The zero-order valence-electron chi connectivity index (χ0n) is 13.7. The summed E-state index contributed by atoms with van der Waals surface area (Å²) in [5.74, 6) is -1.18. The van der Waals surface area contributed by atoms with E-state index in [9.17, 15) is 14.4 Å². The number of amides is 2. The molecule has 1 unspecified atom stereocenters. The zero-order chi connectivity index (χ0) is 17.4. The number of esters is 1. The summed E-state index contributed by atoms with van der Waals surface area (Å²) in [5, 5.41) is 0. The molecule has 122 valence electrons. The molecule has 1 aliphatic heterocycles. The summed E-state index contributed by atoms with van der Waals surface area (Å²) in [6.07, 6.45) is 0. The van der Waals surface area contributed by atoms with Gasteiger partial charge in [0.15, 0.2) is 0 Å². The first-order valence-electron chi connectivity index (χ1n) is 7.65. The fourth-order valence-corrected chi connectivity index (χ4v) is 2.86. The van der Waals surface area contributed by atoms with E-state index in [0.29, 0.717) is 16.9 Å². The number of fused-ring (bicyclic) bond motifs is 1. The van der Waals surface area contributed by atoms with Crippen molar-refractivity contribution in [3.8, 4) is 5.75 Å². The summed E-state index contributed by atoms with van der Waals surface area (Å²) in [4.78, 5) is 38.2. The van der Waals surface area contributed by atoms with Crippen molar-refractivity contribution in [3.05, 3.63) is 64.7 Å². The SMILES string of the molecule is Cc1cc(C)cc(OC(=O)C(C)N2C(=O)c3ccccc3C2=O)c1. The Bertz CT molecular complexity index is 801. The fourth-order valence-electron chi connectivity index (χ4n) is 2.86. The van der Waals surface area contributed by atoms with Gasteiger partial charge in [-0.1, -0.05) is 18.2 Å². The second-order valence-corrected chi connectivity index (χ2v) is 5.95. The maximum atomic E-state index is 12.4. The summed E-state index contributed by atoms with van der Waals surface area (Å²) in [5.41, 5.74) is 2.56. The summed E-state index contributed by atoms with van der Waals surface area (Å²) in [6.45, 7) is 5.29. The van der Waals surface area contributed by atoms with Crippen LogP contribution in [0.2, 0.25) is 0 Å². The van der Waals surface area contributed by atoms with Gasteiger partial charge in [-0.05, 0) is 56.2 Å². The van der Waals surface area contributed by atoms with E-state index in [4.69, 9.17) is 4.74 Å². The molecule has 0 aromatic heterocycles. The average Bonchev–Trinajstić information content (AvgIpc) is 2.77. The molecule has 24 heavy (non-hydrogen) atoms. The molecule has 5 nitrogen and oxygen atoms in total. The molecule has 3 rings (SSSR count). The third-order valence-electron chi connectivity index (χ3n) is 3.97. The standard InChI is InChI=1S/C19H17NO4/c1-11-8-12(2)10-14(9-11)24-19(23)13(3)20-17(21)15-6-4-5-7-16(15)18(20)22/h4-10,13H,1-3H3. The Kier molecular flexibility index (Phi) is 3.93. The second kappa shape index (κ2) is 5.92. The van der Waals surface area contributed by atoms with Gasteiger partial charge in [-0.2, -0.15) is 0 Å². The van der Waals surface area contributed by atoms with E-state index in [1.807, 2.05) is 19.9 Å². The average molecular weight is 323 g/mol. The molecule has 0 aliphatic carbocycles. The van der Waals surface area contributed by atoms with Gasteiger partial charge in [-0.25, -0.2) is 4.79 Å². The predicted octanol–water partition coefficient (Wildman–Crippen LogP) is 2.89. The Morgan fingerprint density at radius 2 is 1.46 bits per heavy atom. The van der Waals surface area contributed by atoms with Crippen LogP contribution < -0.4 is 4.74 Å². The van der Waals surface area contributed by atoms with Crippen LogP contribution in [0, 0.1) is 13.8 Å². The lowest BCUT2D eigenvalue weighted by atomic mass is 10.1. The smallest absolute Gasteiger partial charge is 0.334 e. The lowest BCUT2D eigenvalue weighted by Gasteiger charge is -2.21. The van der Waals surface area contributed by atoms with Gasteiger partial charge in [0.1, 0.15) is 11.8 Å². The molecule has 0 N–H and O–H groups in total. The van der Waals surface area contributed by atoms with Gasteiger partial charge in [0, 0.05) is 0 Å². The Labute approximate surface area is 139 Å². The first-order chi connectivity index (χ1) is 11.4. The van der Waals surface area contributed by atoms with Crippen molar-refractivity contribution < 1.29 is 19.1 Å². The number of ether oxygens (including phenoxy) is 1. The van der Waals surface area contributed by atoms with Crippen molar-refractivity contribution in [2.24, 2.45) is 0 Å². The molecule has 0 spiro atoms. The van der Waals surface area contributed by atoms with Crippen LogP contribution in [0.1, 0.15) is 38.8 Å². The number of carbonyl (C=O) groups is 3. The van der Waals surface area contributed by atoms with Gasteiger partial charge in [0.25, 0.3) is 11.8 Å². The highest BCUT2D eigenvalue weighted by molar-refractivity contribution is 6.22. The molecule has 1 heterocycles. The van der Waals surface area contributed by atoms with Crippen LogP contribution in [0.5, 0.6) is 5.75 Å². The molecule has 0 bridgehead atoms. The molecule has 5 heteroatoms. The van der Waals surface area contributed by atoms with Crippen molar-refractivity contribution >= 4 is 17.8 Å². The van der Waals surface area contributed by atoms with Gasteiger partial charge in [-0.15, -0.1) is 0 Å². The van der Waals surface area contributed by atoms with Crippen LogP contribution in [-0.4, -0.2) is 28.7 Å². The molecule has 2 amide bonds. The Morgan fingerprint density at radius 1 is 0.958 bits per heavy atom. The monoisotopic (exact) mass is 323 g/mol. The number of aryl methyl sites for hydroxylation is 2. The normalized spacial score (nSPS) is 14.5. The third kappa shape index (κ3) is 2.69. The van der Waals surface area contributed by atoms with Gasteiger partial charge in [0.2, 0.25) is 0 Å². The molecular formula is C19H17NO4. The Hall–Kier alpha value is -2.95. The molecule has 2 aromatic carbocycles. The fraction of sp³-hybridized carbons (Fsp3) is 0.211. The van der Waals surface area contributed by atoms with Crippen LogP contribution in [0.15, 0.2) is 42.5 Å². The van der Waals surface area contributed by atoms with Crippen LogP contribution >= 0.6 is 0 Å². The number of carbonyl (C=O) groups excluding carboxylic acids is 3. The topological polar surface area (TPSA) is 63.7 Å². The minimum Gasteiger partial charge on any atom is -0.425 e. The lowest BCUT2D eigenvalue weighted by Crippen LogP contribution is -2.44. The van der Waals surface area contributed by atoms with E-state index >= 15 is 0 Å². The third-order valence-corrected chi connectivity index (χ3v) is 3.97. The Morgan fingerprint density at radius 3 is 1.96 bits per heavy atom. The number of rotatable bonds is 3. The van der Waals surface area contributed by atoms with Crippen LogP contribution in [0.25, 0.3) is 0 Å². The van der Waals surface area contributed by atoms with E-state index in [1.165, 1.54) is 6.92 Å². The number of benzene rings is 2. The largest absolute Gasteiger partial charge is 0.425 e. The molecule has 0 fully saturated rings. The van der Waals surface area contributed by atoms with E-state index in [2.05, 4.69) is 0 Å². The number of hydrogen-bond acceptors (Lipinski definition) is 4. The first-order valence-corrected chi connectivity index (χ1v) is 7.65. The predicted molar refractivity (Wildman–Crippen MR) is 88.0 cm³/mol. The summed E-state index contributed by atoms with van der Waals surface area (Å²) < 4.78 is 5.36. The maximum absolute atomic E-state index is 12.4. The summed E-state index contributed by atoms with van der Waals surface area (Å²) in [6, 6.07) is 11.0. The minimum atomic E-state index is -1.00. The van der Waals surface area contributed by atoms with Crippen molar-refractivity contribution in [1.82, 2.24) is 4.90 Å². The molecule has 1 aliphatic rings. The highest BCUT2D eigenvalue weighted by Crippen LogP contribution is 2.25. The molecule has 0 radical (unpaired) electrons. The Balaban J connectivity index is 1.82. The number of hydrogen-bond donors (Lipinski definition) is 0. The van der Waals surface area contributed by atoms with Crippen molar-refractivity contribution in [2.75, 3.05) is 0 Å². The van der Waals surface area contributed by atoms with E-state index < -0.39 is 23.8 Å².